The fourth-order valence-electron chi connectivity index (χ4n) is 4.32. The van der Waals surface area contributed by atoms with E-state index in [9.17, 15) is 24.0 Å². The lowest BCUT2D eigenvalue weighted by atomic mass is 9.85. The largest absolute Gasteiger partial charge is 0.454 e. The molecule has 0 saturated carbocycles. The molecule has 10 heteroatoms. The number of amides is 4. The van der Waals surface area contributed by atoms with Crippen LogP contribution in [-0.4, -0.2) is 47.1 Å². The van der Waals surface area contributed by atoms with Crippen LogP contribution in [0, 0.1) is 11.8 Å². The number of likely N-dealkylation sites (tertiary alicyclic amines) is 1. The number of hydrogen-bond acceptors (Lipinski definition) is 6. The molecule has 0 aromatic heterocycles. The van der Waals surface area contributed by atoms with Crippen LogP contribution in [0.1, 0.15) is 28.8 Å². The third-order valence-corrected chi connectivity index (χ3v) is 6.42. The zero-order chi connectivity index (χ0) is 25.7. The summed E-state index contributed by atoms with van der Waals surface area (Å²) in [5, 5.41) is 0.457. The number of esters is 1. The molecule has 0 bridgehead atoms. The molecule has 0 unspecified atom stereocenters. The minimum absolute atomic E-state index is 0.0545. The van der Waals surface area contributed by atoms with Crippen LogP contribution in [0.5, 0.6) is 0 Å². The number of imide groups is 1. The average Bonchev–Trinajstić information content (AvgIpc) is 3.15. The molecule has 0 radical (unpaired) electrons. The first-order valence-corrected chi connectivity index (χ1v) is 11.8. The number of hydrazine groups is 1. The Kier molecular flexibility index (Phi) is 7.80. The first-order valence-electron chi connectivity index (χ1n) is 11.4. The second-order valence-corrected chi connectivity index (χ2v) is 8.96. The quantitative estimate of drug-likeness (QED) is 0.255. The molecule has 2 aromatic carbocycles. The number of fused-ring (bicyclic) bond motifs is 1. The molecule has 9 nitrogen and oxygen atoms in total. The maximum Gasteiger partial charge on any atom is 0.330 e. The van der Waals surface area contributed by atoms with Gasteiger partial charge in [-0.25, -0.2) is 4.79 Å². The minimum Gasteiger partial charge on any atom is -0.454 e. The molecular weight excluding hydrogens is 486 g/mol. The summed E-state index contributed by atoms with van der Waals surface area (Å²) < 4.78 is 5.17. The van der Waals surface area contributed by atoms with Gasteiger partial charge >= 0.3 is 5.97 Å². The number of allylic oxidation sites excluding steroid dienone is 2. The number of benzene rings is 2. The molecule has 1 fully saturated rings. The standard InChI is InChI=1S/C26H24ClN3O6/c27-18-12-10-17(11-13-18)23(32)29-28-22(31)15-36-26(35)21(14-16-6-2-1-3-7-16)30-24(33)19-8-4-5-9-20(19)25(30)34/h1-7,10-13,19-21H,8-9,14-15H2,(H,28,31)(H,29,32)/t19-,20+,21-/m0/s1. The molecule has 186 valence electrons. The molecule has 1 heterocycles. The molecular formula is C26H24ClN3O6. The van der Waals surface area contributed by atoms with Crippen LogP contribution in [0.15, 0.2) is 66.7 Å². The average molecular weight is 510 g/mol. The van der Waals surface area contributed by atoms with Gasteiger partial charge in [0.25, 0.3) is 11.8 Å². The van der Waals surface area contributed by atoms with Gasteiger partial charge in [0.15, 0.2) is 6.61 Å². The van der Waals surface area contributed by atoms with E-state index < -0.39 is 54.1 Å². The monoisotopic (exact) mass is 509 g/mol. The van der Waals surface area contributed by atoms with E-state index in [1.165, 1.54) is 24.3 Å². The van der Waals surface area contributed by atoms with Gasteiger partial charge in [-0.3, -0.25) is 34.9 Å². The van der Waals surface area contributed by atoms with Gasteiger partial charge in [-0.05, 0) is 42.7 Å². The molecule has 1 aliphatic carbocycles. The first kappa shape index (κ1) is 25.1. The Morgan fingerprint density at radius 1 is 0.917 bits per heavy atom. The van der Waals surface area contributed by atoms with Gasteiger partial charge < -0.3 is 4.74 Å². The van der Waals surface area contributed by atoms with E-state index in [1.54, 1.807) is 24.3 Å². The van der Waals surface area contributed by atoms with Crippen LogP contribution >= 0.6 is 11.6 Å². The van der Waals surface area contributed by atoms with Crippen LogP contribution < -0.4 is 10.9 Å². The van der Waals surface area contributed by atoms with Gasteiger partial charge in [0, 0.05) is 17.0 Å². The number of nitrogens with zero attached hydrogens (tertiary/aromatic N) is 1. The van der Waals surface area contributed by atoms with E-state index in [1.807, 2.05) is 18.2 Å². The fourth-order valence-corrected chi connectivity index (χ4v) is 4.45. The maximum atomic E-state index is 13.1. The summed E-state index contributed by atoms with van der Waals surface area (Å²) >= 11 is 5.79. The lowest BCUT2D eigenvalue weighted by Crippen LogP contribution is -2.49. The first-order chi connectivity index (χ1) is 17.3. The molecule has 36 heavy (non-hydrogen) atoms. The van der Waals surface area contributed by atoms with Crippen LogP contribution in [0.2, 0.25) is 5.02 Å². The van der Waals surface area contributed by atoms with Crippen molar-refractivity contribution in [1.29, 1.82) is 0 Å². The molecule has 2 aromatic rings. The Morgan fingerprint density at radius 3 is 2.14 bits per heavy atom. The zero-order valence-electron chi connectivity index (χ0n) is 19.2. The number of rotatable bonds is 7. The van der Waals surface area contributed by atoms with Crippen molar-refractivity contribution >= 4 is 41.2 Å². The number of ether oxygens (including phenoxy) is 1. The summed E-state index contributed by atoms with van der Waals surface area (Å²) in [6, 6.07) is 13.7. The van der Waals surface area contributed by atoms with Gasteiger partial charge in [0.1, 0.15) is 6.04 Å². The summed E-state index contributed by atoms with van der Waals surface area (Å²) in [6.07, 6.45) is 4.66. The Bertz CT molecular complexity index is 1170. The smallest absolute Gasteiger partial charge is 0.330 e. The Labute approximate surface area is 212 Å². The Hall–Kier alpha value is -3.98. The van der Waals surface area contributed by atoms with E-state index in [0.29, 0.717) is 17.9 Å². The highest BCUT2D eigenvalue weighted by molar-refractivity contribution is 6.30. The molecule has 3 atom stereocenters. The summed E-state index contributed by atoms with van der Waals surface area (Å²) in [7, 11) is 0. The van der Waals surface area contributed by atoms with Crippen LogP contribution in [-0.2, 0) is 30.3 Å². The van der Waals surface area contributed by atoms with E-state index in [2.05, 4.69) is 10.9 Å². The van der Waals surface area contributed by atoms with Crippen molar-refractivity contribution < 1.29 is 28.7 Å². The summed E-state index contributed by atoms with van der Waals surface area (Å²) in [5.41, 5.74) is 5.37. The predicted octanol–water partition coefficient (Wildman–Crippen LogP) is 2.21. The van der Waals surface area contributed by atoms with Crippen molar-refractivity contribution in [3.8, 4) is 0 Å². The van der Waals surface area contributed by atoms with Crippen LogP contribution in [0.4, 0.5) is 0 Å². The molecule has 1 aliphatic heterocycles. The highest BCUT2D eigenvalue weighted by Gasteiger charge is 2.51. The van der Waals surface area contributed by atoms with E-state index in [4.69, 9.17) is 16.3 Å². The number of hydrogen-bond donors (Lipinski definition) is 2. The van der Waals surface area contributed by atoms with Gasteiger partial charge in [-0.15, -0.1) is 0 Å². The third kappa shape index (κ3) is 5.63. The number of carbonyl (C=O) groups is 5. The van der Waals surface area contributed by atoms with E-state index in [0.717, 1.165) is 10.5 Å². The summed E-state index contributed by atoms with van der Waals surface area (Å²) in [5.74, 6) is -4.08. The van der Waals surface area contributed by atoms with E-state index >= 15 is 0 Å². The maximum absolute atomic E-state index is 13.1. The topological polar surface area (TPSA) is 122 Å². The minimum atomic E-state index is -1.21. The number of carbonyl (C=O) groups excluding carboxylic acids is 5. The van der Waals surface area contributed by atoms with Crippen LogP contribution in [0.3, 0.4) is 0 Å². The number of nitrogens with one attached hydrogen (secondary N) is 2. The summed E-state index contributed by atoms with van der Waals surface area (Å²) in [6.45, 7) is -0.713. The van der Waals surface area contributed by atoms with Crippen molar-refractivity contribution in [1.82, 2.24) is 15.8 Å². The van der Waals surface area contributed by atoms with Crippen LogP contribution in [0.25, 0.3) is 0 Å². The van der Waals surface area contributed by atoms with Crippen molar-refractivity contribution in [2.24, 2.45) is 11.8 Å². The Balaban J connectivity index is 1.40. The lowest BCUT2D eigenvalue weighted by molar-refractivity contribution is -0.160. The van der Waals surface area contributed by atoms with Gasteiger partial charge in [-0.2, -0.15) is 0 Å². The van der Waals surface area contributed by atoms with Crippen molar-refractivity contribution in [2.75, 3.05) is 6.61 Å². The molecule has 2 N–H and O–H groups in total. The Morgan fingerprint density at radius 2 is 1.53 bits per heavy atom. The van der Waals surface area contributed by atoms with Crippen molar-refractivity contribution in [3.63, 3.8) is 0 Å². The predicted molar refractivity (Wildman–Crippen MR) is 129 cm³/mol. The third-order valence-electron chi connectivity index (χ3n) is 6.16. The molecule has 1 saturated heterocycles. The molecule has 0 spiro atoms. The highest BCUT2D eigenvalue weighted by atomic mass is 35.5. The van der Waals surface area contributed by atoms with Gasteiger partial charge in [0.05, 0.1) is 11.8 Å². The second kappa shape index (κ2) is 11.2. The highest BCUT2D eigenvalue weighted by Crippen LogP contribution is 2.36. The molecule has 4 rings (SSSR count). The van der Waals surface area contributed by atoms with Gasteiger partial charge in [-0.1, -0.05) is 54.1 Å². The second-order valence-electron chi connectivity index (χ2n) is 8.52. The van der Waals surface area contributed by atoms with Gasteiger partial charge in [0.2, 0.25) is 11.8 Å². The molecule has 4 amide bonds. The fraction of sp³-hybridized carbons (Fsp3) is 0.269. The van der Waals surface area contributed by atoms with Crippen molar-refractivity contribution in [3.05, 3.63) is 82.9 Å². The molecule has 2 aliphatic rings. The lowest BCUT2D eigenvalue weighted by Gasteiger charge is -2.25. The normalized spacial score (nSPS) is 19.4. The summed E-state index contributed by atoms with van der Waals surface area (Å²) in [4.78, 5) is 64.5. The SMILES string of the molecule is O=C(COC(=O)[C@H](Cc1ccccc1)N1C(=O)[C@H]2CC=CC[C@H]2C1=O)NNC(=O)c1ccc(Cl)cc1. The van der Waals surface area contributed by atoms with Crippen molar-refractivity contribution in [2.45, 2.75) is 25.3 Å². The van der Waals surface area contributed by atoms with E-state index in [-0.39, 0.29) is 12.0 Å². The zero-order valence-corrected chi connectivity index (χ0v) is 19.9. The number of halogens is 1.